The molecule has 4 aromatic carbocycles. The first-order valence-corrected chi connectivity index (χ1v) is 18.7. The van der Waals surface area contributed by atoms with Gasteiger partial charge in [0.2, 0.25) is 12.3 Å². The fraction of sp³-hybridized carbons (Fsp3) is 0.349. The van der Waals surface area contributed by atoms with E-state index >= 15 is 0 Å². The van der Waals surface area contributed by atoms with Gasteiger partial charge in [0.15, 0.2) is 0 Å². The van der Waals surface area contributed by atoms with Gasteiger partial charge in [0.1, 0.15) is 19.4 Å². The molecule has 0 bridgehead atoms. The number of amides is 4. The van der Waals surface area contributed by atoms with Crippen molar-refractivity contribution in [2.24, 2.45) is 5.73 Å². The van der Waals surface area contributed by atoms with Crippen LogP contribution in [0.3, 0.4) is 0 Å². The standard InChI is InChI=1S/C43H53N5O7/c44-39(30-35-16-5-1-6-17-35)41(50)47(29-24-40(46-34-49)53-31-36-18-7-2-8-19-36)26-13-14-27-48(43(52)55-33-38-22-11-4-12-23-38)28-15-25-45-42(51)54-32-37-20-9-3-10-21-37/h1-12,16-23,34,39-40H,13-15,24-33,44H2,(H,45,51)(H,46,49). The maximum atomic E-state index is 13.8. The highest BCUT2D eigenvalue weighted by molar-refractivity contribution is 5.82. The smallest absolute Gasteiger partial charge is 0.410 e. The molecular weight excluding hydrogens is 699 g/mol. The summed E-state index contributed by atoms with van der Waals surface area (Å²) in [6.45, 7) is 2.30. The number of carbonyl (C=O) groups is 4. The Bertz CT molecular complexity index is 1680. The number of hydrogen-bond donors (Lipinski definition) is 3. The van der Waals surface area contributed by atoms with Crippen LogP contribution in [0, 0.1) is 0 Å². The van der Waals surface area contributed by atoms with Gasteiger partial charge in [-0.2, -0.15) is 0 Å². The summed E-state index contributed by atoms with van der Waals surface area (Å²) < 4.78 is 16.9. The van der Waals surface area contributed by atoms with Crippen molar-refractivity contribution >= 4 is 24.5 Å². The maximum absolute atomic E-state index is 13.8. The molecule has 292 valence electrons. The molecule has 0 heterocycles. The van der Waals surface area contributed by atoms with E-state index in [0.29, 0.717) is 77.8 Å². The summed E-state index contributed by atoms with van der Waals surface area (Å²) in [4.78, 5) is 54.0. The molecule has 0 aliphatic heterocycles. The van der Waals surface area contributed by atoms with Crippen molar-refractivity contribution in [3.63, 3.8) is 0 Å². The molecule has 12 nitrogen and oxygen atoms in total. The number of benzene rings is 4. The van der Waals surface area contributed by atoms with Gasteiger partial charge in [0.25, 0.3) is 0 Å². The van der Waals surface area contributed by atoms with Gasteiger partial charge in [-0.15, -0.1) is 0 Å². The van der Waals surface area contributed by atoms with Gasteiger partial charge in [-0.3, -0.25) is 9.59 Å². The molecule has 0 saturated heterocycles. The van der Waals surface area contributed by atoms with E-state index in [0.717, 1.165) is 22.3 Å². The Morgan fingerprint density at radius 3 is 1.67 bits per heavy atom. The summed E-state index contributed by atoms with van der Waals surface area (Å²) >= 11 is 0. The molecule has 0 spiro atoms. The third-order valence-corrected chi connectivity index (χ3v) is 8.79. The van der Waals surface area contributed by atoms with Crippen molar-refractivity contribution in [2.75, 3.05) is 32.7 Å². The molecule has 4 aromatic rings. The van der Waals surface area contributed by atoms with Crippen molar-refractivity contribution in [2.45, 2.75) is 64.2 Å². The second kappa shape index (κ2) is 24.6. The van der Waals surface area contributed by atoms with E-state index in [1.54, 1.807) is 9.80 Å². The Morgan fingerprint density at radius 1 is 0.618 bits per heavy atom. The molecule has 2 atom stereocenters. The predicted molar refractivity (Wildman–Crippen MR) is 210 cm³/mol. The molecule has 0 aliphatic rings. The van der Waals surface area contributed by atoms with Crippen molar-refractivity contribution < 1.29 is 33.4 Å². The van der Waals surface area contributed by atoms with Crippen LogP contribution < -0.4 is 16.4 Å². The SMILES string of the molecule is NC(Cc1ccccc1)C(=O)N(CCCCN(CCCNC(=O)OCc1ccccc1)C(=O)OCc1ccccc1)CCC(NC=O)OCc1ccccc1. The van der Waals surface area contributed by atoms with E-state index < -0.39 is 24.5 Å². The molecule has 0 radical (unpaired) electrons. The number of nitrogens with one attached hydrogen (secondary N) is 2. The molecule has 4 amide bonds. The normalized spacial score (nSPS) is 11.8. The average molecular weight is 752 g/mol. The van der Waals surface area contributed by atoms with E-state index in [4.69, 9.17) is 19.9 Å². The third kappa shape index (κ3) is 16.5. The number of nitrogens with zero attached hydrogens (tertiary/aromatic N) is 2. The Kier molecular flexibility index (Phi) is 18.8. The molecule has 0 aromatic heterocycles. The molecule has 0 saturated carbocycles. The lowest BCUT2D eigenvalue weighted by Gasteiger charge is -2.28. The summed E-state index contributed by atoms with van der Waals surface area (Å²) in [5.74, 6) is -0.207. The molecule has 4 N–H and O–H groups in total. The first-order valence-electron chi connectivity index (χ1n) is 18.7. The van der Waals surface area contributed by atoms with Crippen LogP contribution in [0.2, 0.25) is 0 Å². The average Bonchev–Trinajstić information content (AvgIpc) is 3.22. The molecular formula is C43H53N5O7. The van der Waals surface area contributed by atoms with Gasteiger partial charge in [-0.25, -0.2) is 9.59 Å². The Morgan fingerprint density at radius 2 is 1.11 bits per heavy atom. The number of unbranched alkanes of at least 4 members (excludes halogenated alkanes) is 1. The first-order chi connectivity index (χ1) is 26.9. The highest BCUT2D eigenvalue weighted by atomic mass is 16.6. The molecule has 2 unspecified atom stereocenters. The highest BCUT2D eigenvalue weighted by Gasteiger charge is 2.23. The minimum atomic E-state index is -0.763. The lowest BCUT2D eigenvalue weighted by atomic mass is 10.1. The van der Waals surface area contributed by atoms with Gasteiger partial charge < -0.3 is 40.4 Å². The minimum absolute atomic E-state index is 0.129. The zero-order valence-electron chi connectivity index (χ0n) is 31.3. The van der Waals surface area contributed by atoms with Crippen molar-refractivity contribution in [3.8, 4) is 0 Å². The second-order valence-corrected chi connectivity index (χ2v) is 13.1. The predicted octanol–water partition coefficient (Wildman–Crippen LogP) is 5.80. The summed E-state index contributed by atoms with van der Waals surface area (Å²) in [5.41, 5.74) is 10.1. The quantitative estimate of drug-likeness (QED) is 0.0462. The van der Waals surface area contributed by atoms with Crippen molar-refractivity contribution in [3.05, 3.63) is 144 Å². The van der Waals surface area contributed by atoms with E-state index in [1.165, 1.54) is 0 Å². The molecule has 55 heavy (non-hydrogen) atoms. The minimum Gasteiger partial charge on any atom is -0.445 e. The van der Waals surface area contributed by atoms with Crippen LogP contribution >= 0.6 is 0 Å². The number of nitrogens with two attached hydrogens (primary N) is 1. The Labute approximate surface area is 323 Å². The fourth-order valence-electron chi connectivity index (χ4n) is 5.80. The van der Waals surface area contributed by atoms with Gasteiger partial charge in [0.05, 0.1) is 12.6 Å². The topological polar surface area (TPSA) is 153 Å². The zero-order valence-corrected chi connectivity index (χ0v) is 31.3. The van der Waals surface area contributed by atoms with Crippen molar-refractivity contribution in [1.82, 2.24) is 20.4 Å². The lowest BCUT2D eigenvalue weighted by molar-refractivity contribution is -0.133. The van der Waals surface area contributed by atoms with Crippen LogP contribution in [-0.4, -0.2) is 79.3 Å². The number of hydrogen-bond acceptors (Lipinski definition) is 8. The lowest BCUT2D eigenvalue weighted by Crippen LogP contribution is -2.47. The summed E-state index contributed by atoms with van der Waals surface area (Å²) in [7, 11) is 0. The molecule has 12 heteroatoms. The Balaban J connectivity index is 1.32. The van der Waals surface area contributed by atoms with Gasteiger partial charge >= 0.3 is 12.2 Å². The number of ether oxygens (including phenoxy) is 3. The van der Waals surface area contributed by atoms with Crippen molar-refractivity contribution in [1.29, 1.82) is 0 Å². The highest BCUT2D eigenvalue weighted by Crippen LogP contribution is 2.11. The largest absolute Gasteiger partial charge is 0.445 e. The zero-order chi connectivity index (χ0) is 38.9. The fourth-order valence-corrected chi connectivity index (χ4v) is 5.80. The second-order valence-electron chi connectivity index (χ2n) is 13.1. The van der Waals surface area contributed by atoms with Crippen LogP contribution in [0.5, 0.6) is 0 Å². The van der Waals surface area contributed by atoms with E-state index in [-0.39, 0.29) is 19.1 Å². The molecule has 4 rings (SSSR count). The molecule has 0 aliphatic carbocycles. The van der Waals surface area contributed by atoms with Gasteiger partial charge in [0, 0.05) is 39.1 Å². The van der Waals surface area contributed by atoms with E-state index in [9.17, 15) is 19.2 Å². The number of rotatable bonds is 24. The van der Waals surface area contributed by atoms with E-state index in [1.807, 2.05) is 121 Å². The summed E-state index contributed by atoms with van der Waals surface area (Å²) in [5, 5.41) is 5.46. The van der Waals surface area contributed by atoms with Crippen LogP contribution in [0.1, 0.15) is 47.9 Å². The molecule has 0 fully saturated rings. The van der Waals surface area contributed by atoms with Gasteiger partial charge in [-0.1, -0.05) is 121 Å². The first kappa shape index (κ1) is 42.0. The summed E-state index contributed by atoms with van der Waals surface area (Å²) in [6, 6.07) is 37.3. The summed E-state index contributed by atoms with van der Waals surface area (Å²) in [6.07, 6.45) is 1.35. The third-order valence-electron chi connectivity index (χ3n) is 8.79. The van der Waals surface area contributed by atoms with Crippen LogP contribution in [0.15, 0.2) is 121 Å². The van der Waals surface area contributed by atoms with Crippen LogP contribution in [0.4, 0.5) is 9.59 Å². The van der Waals surface area contributed by atoms with E-state index in [2.05, 4.69) is 10.6 Å². The van der Waals surface area contributed by atoms with Crippen LogP contribution in [0.25, 0.3) is 0 Å². The van der Waals surface area contributed by atoms with Crippen LogP contribution in [-0.2, 0) is 50.0 Å². The number of alkyl carbamates (subject to hydrolysis) is 1. The maximum Gasteiger partial charge on any atom is 0.410 e. The Hall–Kier alpha value is -5.72. The van der Waals surface area contributed by atoms with Gasteiger partial charge in [-0.05, 0) is 47.9 Å². The monoisotopic (exact) mass is 751 g/mol. The number of carbonyl (C=O) groups excluding carboxylic acids is 4.